The summed E-state index contributed by atoms with van der Waals surface area (Å²) >= 11 is 0. The second-order valence-corrected chi connectivity index (χ2v) is 17.9. The minimum absolute atomic E-state index is 0.121. The van der Waals surface area contributed by atoms with E-state index in [2.05, 4.69) is 15.6 Å². The summed E-state index contributed by atoms with van der Waals surface area (Å²) in [6.07, 6.45) is -1.76. The first-order chi connectivity index (χ1) is 29.7. The van der Waals surface area contributed by atoms with Gasteiger partial charge < -0.3 is 49.8 Å². The van der Waals surface area contributed by atoms with E-state index in [4.69, 9.17) is 29.4 Å². The normalized spacial score (nSPS) is 30.2. The molecular formula is C45H73N7O11. The molecule has 2 aliphatic heterocycles. The highest BCUT2D eigenvalue weighted by Gasteiger charge is 2.59. The number of nitrogens with two attached hydrogens (primary N) is 1. The SMILES string of the molecule is CCO[C@@H](O[C@@H]1[C@@H](C)C(=O)[C@@H](CC(=O)O)C(=O)O[C@H](CC)[C@@]2(C)OC(=O)N(CCCCn3cc(-c4cccc(N)c4)nn3)[C@@H]2[C@@H](C)NC[C@H](C)C[C@@]1(C)OC)C(O)C(CC)N(C)C. The van der Waals surface area contributed by atoms with E-state index in [-0.39, 0.29) is 25.0 Å². The number of esters is 1. The van der Waals surface area contributed by atoms with Crippen molar-refractivity contribution in [2.24, 2.45) is 17.8 Å². The molecule has 1 amide bonds. The van der Waals surface area contributed by atoms with Gasteiger partial charge in [0, 0.05) is 56.1 Å². The minimum Gasteiger partial charge on any atom is -0.481 e. The highest BCUT2D eigenvalue weighted by atomic mass is 16.7. The number of amides is 1. The lowest BCUT2D eigenvalue weighted by Gasteiger charge is -2.44. The number of hydrogen-bond donors (Lipinski definition) is 4. The van der Waals surface area contributed by atoms with Crippen LogP contribution < -0.4 is 11.1 Å². The molecule has 2 saturated heterocycles. The Morgan fingerprint density at radius 1 is 1.11 bits per heavy atom. The fourth-order valence-corrected chi connectivity index (χ4v) is 9.54. The number of likely N-dealkylation sites (N-methyl/N-ethyl adjacent to an activating group) is 1. The summed E-state index contributed by atoms with van der Waals surface area (Å²) in [5, 5.41) is 33.9. The first kappa shape index (κ1) is 51.4. The van der Waals surface area contributed by atoms with Gasteiger partial charge in [-0.3, -0.25) is 24.0 Å². The van der Waals surface area contributed by atoms with Gasteiger partial charge in [0.25, 0.3) is 0 Å². The number of nitrogens with zero attached hydrogens (tertiary/aromatic N) is 5. The summed E-state index contributed by atoms with van der Waals surface area (Å²) in [6, 6.07) is 6.00. The van der Waals surface area contributed by atoms with Gasteiger partial charge in [-0.05, 0) is 98.5 Å². The van der Waals surface area contributed by atoms with E-state index in [1.54, 1.807) is 50.3 Å². The molecule has 3 heterocycles. The molecule has 63 heavy (non-hydrogen) atoms. The summed E-state index contributed by atoms with van der Waals surface area (Å²) < 4.78 is 33.0. The molecule has 2 aromatic rings. The largest absolute Gasteiger partial charge is 0.481 e. The summed E-state index contributed by atoms with van der Waals surface area (Å²) in [7, 11) is 5.18. The number of ether oxygens (including phenoxy) is 5. The molecule has 5 N–H and O–H groups in total. The Balaban J connectivity index is 1.68. The molecule has 0 radical (unpaired) electrons. The number of Topliss-reactive ketones (excluding diaryl/α,β-unsaturated/α-hetero) is 1. The average Bonchev–Trinajstić information content (AvgIpc) is 3.81. The van der Waals surface area contributed by atoms with E-state index in [0.717, 1.165) is 5.56 Å². The number of carbonyl (C=O) groups is 4. The molecule has 0 spiro atoms. The van der Waals surface area contributed by atoms with Crippen molar-refractivity contribution in [3.63, 3.8) is 0 Å². The molecule has 18 heteroatoms. The number of cyclic esters (lactones) is 1. The zero-order valence-electron chi connectivity index (χ0n) is 39.1. The number of ketones is 1. The Labute approximate surface area is 372 Å². The number of methoxy groups -OCH3 is 1. The number of aliphatic hydroxyl groups excluding tert-OH is 1. The lowest BCUT2D eigenvalue weighted by atomic mass is 9.77. The van der Waals surface area contributed by atoms with Gasteiger partial charge in [0.15, 0.2) is 17.7 Å². The third-order valence-electron chi connectivity index (χ3n) is 12.9. The van der Waals surface area contributed by atoms with Crippen molar-refractivity contribution in [2.45, 2.75) is 154 Å². The summed E-state index contributed by atoms with van der Waals surface area (Å²) in [5.74, 6) is -6.18. The number of aromatic nitrogens is 3. The summed E-state index contributed by atoms with van der Waals surface area (Å²) in [6.45, 7) is 16.0. The second-order valence-electron chi connectivity index (χ2n) is 17.9. The van der Waals surface area contributed by atoms with Gasteiger partial charge in [0.1, 0.15) is 23.8 Å². The predicted octanol–water partition coefficient (Wildman–Crippen LogP) is 4.38. The van der Waals surface area contributed by atoms with Gasteiger partial charge in [0.05, 0.1) is 30.4 Å². The van der Waals surface area contributed by atoms with E-state index < -0.39 is 90.0 Å². The molecule has 2 aliphatic rings. The standard InChI is InChI=1S/C45H73N7O11/c1-12-34(50(9)10)38(56)42(60-14-3)62-40-28(5)37(55)32(23-36(53)54)41(57)61-35(13-2)45(8)39(29(6)47-25-27(4)24-44(40,7)59-11)52(43(58)63-45)21-16-15-20-51-26-33(48-49-51)30-18-17-19-31(46)22-30/h17-19,22,26-29,32,34-35,38-40,42,47,56H,12-16,20-21,23-25,46H2,1-11H3,(H,53,54)/t27-,28+,29-,32-,34?,35-,38?,39-,40-,42+,44-,45-/m1/s1. The maximum atomic E-state index is 14.7. The molecule has 12 atom stereocenters. The van der Waals surface area contributed by atoms with Gasteiger partial charge in [-0.2, -0.15) is 0 Å². The number of hydrogen-bond acceptors (Lipinski definition) is 15. The summed E-state index contributed by atoms with van der Waals surface area (Å²) in [5.41, 5.74) is 5.53. The number of carboxylic acids is 1. The van der Waals surface area contributed by atoms with E-state index >= 15 is 0 Å². The highest BCUT2D eigenvalue weighted by Crippen LogP contribution is 2.40. The number of aliphatic carboxylic acids is 1. The van der Waals surface area contributed by atoms with Crippen molar-refractivity contribution < 1.29 is 53.1 Å². The van der Waals surface area contributed by atoms with Crippen molar-refractivity contribution in [1.82, 2.24) is 30.1 Å². The quantitative estimate of drug-likeness (QED) is 0.0535. The number of fused-ring (bicyclic) bond motifs is 1. The van der Waals surface area contributed by atoms with Crippen molar-refractivity contribution in [3.05, 3.63) is 30.5 Å². The molecule has 2 unspecified atom stereocenters. The summed E-state index contributed by atoms with van der Waals surface area (Å²) in [4.78, 5) is 58.8. The monoisotopic (exact) mass is 888 g/mol. The number of benzene rings is 1. The van der Waals surface area contributed by atoms with Crippen LogP contribution in [0.4, 0.5) is 10.5 Å². The Kier molecular flexibility index (Phi) is 18.5. The Morgan fingerprint density at radius 2 is 1.81 bits per heavy atom. The molecule has 4 rings (SSSR count). The fourth-order valence-electron chi connectivity index (χ4n) is 9.54. The van der Waals surface area contributed by atoms with Crippen molar-refractivity contribution in [2.75, 3.05) is 46.6 Å². The minimum atomic E-state index is -1.75. The molecule has 18 nitrogen and oxygen atoms in total. The molecule has 1 aromatic heterocycles. The fraction of sp³-hybridized carbons (Fsp3) is 0.733. The number of unbranched alkanes of at least 4 members (excludes halogenated alkanes) is 1. The van der Waals surface area contributed by atoms with Crippen LogP contribution in [-0.2, 0) is 44.6 Å². The third-order valence-corrected chi connectivity index (χ3v) is 12.9. The zero-order chi connectivity index (χ0) is 46.8. The topological polar surface area (TPSA) is 230 Å². The number of carboxylic acid groups (broad SMARTS) is 1. The maximum Gasteiger partial charge on any atom is 0.410 e. The molecule has 1 aromatic carbocycles. The number of aryl methyl sites for hydroxylation is 1. The van der Waals surface area contributed by atoms with E-state index in [9.17, 15) is 29.4 Å². The molecule has 0 aliphatic carbocycles. The van der Waals surface area contributed by atoms with Gasteiger partial charge in [-0.1, -0.05) is 45.0 Å². The van der Waals surface area contributed by atoms with E-state index in [1.165, 1.54) is 7.11 Å². The van der Waals surface area contributed by atoms with Gasteiger partial charge in [-0.25, -0.2) is 4.79 Å². The number of rotatable bonds is 18. The van der Waals surface area contributed by atoms with Crippen LogP contribution in [0.2, 0.25) is 0 Å². The van der Waals surface area contributed by atoms with Crippen molar-refractivity contribution in [3.8, 4) is 11.3 Å². The zero-order valence-corrected chi connectivity index (χ0v) is 39.1. The van der Waals surface area contributed by atoms with Gasteiger partial charge >= 0.3 is 18.0 Å². The predicted molar refractivity (Wildman–Crippen MR) is 235 cm³/mol. The van der Waals surface area contributed by atoms with Crippen LogP contribution in [0, 0.1) is 17.8 Å². The third kappa shape index (κ3) is 12.3. The van der Waals surface area contributed by atoms with E-state index in [0.29, 0.717) is 56.7 Å². The smallest absolute Gasteiger partial charge is 0.410 e. The van der Waals surface area contributed by atoms with Crippen LogP contribution in [0.3, 0.4) is 0 Å². The number of aliphatic hydroxyl groups is 1. The van der Waals surface area contributed by atoms with Crippen LogP contribution in [0.15, 0.2) is 30.5 Å². The molecule has 0 saturated carbocycles. The van der Waals surface area contributed by atoms with Gasteiger partial charge in [-0.15, -0.1) is 5.10 Å². The Hall–Kier alpha value is -4.20. The van der Waals surface area contributed by atoms with Crippen LogP contribution in [0.5, 0.6) is 0 Å². The molecule has 2 fully saturated rings. The van der Waals surface area contributed by atoms with Gasteiger partial charge in [0.2, 0.25) is 0 Å². The first-order valence-corrected chi connectivity index (χ1v) is 22.4. The first-order valence-electron chi connectivity index (χ1n) is 22.4. The number of anilines is 1. The van der Waals surface area contributed by atoms with Crippen LogP contribution in [0.25, 0.3) is 11.3 Å². The second kappa shape index (κ2) is 22.6. The number of carbonyl (C=O) groups excluding carboxylic acids is 3. The van der Waals surface area contributed by atoms with Crippen LogP contribution in [-0.4, -0.2) is 154 Å². The van der Waals surface area contributed by atoms with E-state index in [1.807, 2.05) is 64.2 Å². The van der Waals surface area contributed by atoms with Crippen molar-refractivity contribution >= 4 is 29.5 Å². The highest BCUT2D eigenvalue weighted by molar-refractivity contribution is 6.02. The van der Waals surface area contributed by atoms with Crippen LogP contribution in [0.1, 0.15) is 93.9 Å². The number of nitrogens with one attached hydrogen (secondary N) is 1. The van der Waals surface area contributed by atoms with Crippen molar-refractivity contribution in [1.29, 1.82) is 0 Å². The molecule has 0 bridgehead atoms. The molecule has 354 valence electrons. The Bertz CT molecular complexity index is 1830. The van der Waals surface area contributed by atoms with Crippen LogP contribution >= 0.6 is 0 Å². The lowest BCUT2D eigenvalue weighted by molar-refractivity contribution is -0.266. The lowest BCUT2D eigenvalue weighted by Crippen LogP contribution is -2.61. The Morgan fingerprint density at radius 3 is 2.41 bits per heavy atom. The maximum absolute atomic E-state index is 14.7. The average molecular weight is 888 g/mol. The molecular weight excluding hydrogens is 815 g/mol. The number of nitrogen functional groups attached to an aromatic ring is 1.